The van der Waals surface area contributed by atoms with E-state index < -0.39 is 11.3 Å². The van der Waals surface area contributed by atoms with Crippen molar-refractivity contribution in [1.29, 1.82) is 0 Å². The van der Waals surface area contributed by atoms with Crippen molar-refractivity contribution >= 4 is 23.5 Å². The summed E-state index contributed by atoms with van der Waals surface area (Å²) in [5, 5.41) is 10.8. The molecule has 1 heterocycles. The highest BCUT2D eigenvalue weighted by molar-refractivity contribution is 8.02. The fraction of sp³-hybridized carbons (Fsp3) is 0.273. The summed E-state index contributed by atoms with van der Waals surface area (Å²) in [4.78, 5) is 19.9. The van der Waals surface area contributed by atoms with Crippen LogP contribution in [0.2, 0.25) is 0 Å². The number of nitrogens with two attached hydrogens (primary N) is 1. The van der Waals surface area contributed by atoms with Gasteiger partial charge in [-0.1, -0.05) is 31.4 Å². The van der Waals surface area contributed by atoms with Gasteiger partial charge in [0.2, 0.25) is 0 Å². The lowest BCUT2D eigenvalue weighted by Gasteiger charge is -2.34. The van der Waals surface area contributed by atoms with Crippen LogP contribution in [-0.2, 0) is 11.3 Å². The Morgan fingerprint density at radius 2 is 2.00 bits per heavy atom. The standard InChI is InChI=1S/C22H24FN3O2S/c1-4-16(17(5-2)29-3)25-20(24)18-19(27)22(10-11-22)13-26(21(18)28)12-14-6-8-15(23)9-7-14/h4-9,27H,1-2,10-13H2,3H3,(H2,24,25)/b17-16-. The lowest BCUT2D eigenvalue weighted by atomic mass is 9.92. The van der Waals surface area contributed by atoms with E-state index >= 15 is 0 Å². The molecule has 1 amide bonds. The van der Waals surface area contributed by atoms with Gasteiger partial charge in [0.15, 0.2) is 0 Å². The predicted molar refractivity (Wildman–Crippen MR) is 116 cm³/mol. The summed E-state index contributed by atoms with van der Waals surface area (Å²) in [5.74, 6) is -0.765. The quantitative estimate of drug-likeness (QED) is 0.401. The van der Waals surface area contributed by atoms with Gasteiger partial charge in [0.1, 0.15) is 23.0 Å². The highest BCUT2D eigenvalue weighted by atomic mass is 32.2. The molecule has 0 unspecified atom stereocenters. The lowest BCUT2D eigenvalue weighted by Crippen LogP contribution is -2.45. The fourth-order valence-electron chi connectivity index (χ4n) is 3.43. The maximum absolute atomic E-state index is 13.2. The molecule has 3 rings (SSSR count). The average molecular weight is 414 g/mol. The second-order valence-electron chi connectivity index (χ2n) is 7.15. The highest BCUT2D eigenvalue weighted by Gasteiger charge is 2.54. The van der Waals surface area contributed by atoms with Crippen LogP contribution in [0, 0.1) is 11.2 Å². The maximum Gasteiger partial charge on any atom is 0.261 e. The van der Waals surface area contributed by atoms with Gasteiger partial charge in [-0.25, -0.2) is 9.38 Å². The number of rotatable bonds is 7. The van der Waals surface area contributed by atoms with Crippen LogP contribution in [0.4, 0.5) is 4.39 Å². The van der Waals surface area contributed by atoms with Gasteiger partial charge in [0.25, 0.3) is 5.91 Å². The number of benzene rings is 1. The van der Waals surface area contributed by atoms with Crippen LogP contribution in [0.5, 0.6) is 0 Å². The maximum atomic E-state index is 13.2. The van der Waals surface area contributed by atoms with E-state index in [1.165, 1.54) is 30.0 Å². The lowest BCUT2D eigenvalue weighted by molar-refractivity contribution is -0.129. The minimum atomic E-state index is -0.470. The number of thioether (sulfide) groups is 1. The number of carbonyl (C=O) groups is 1. The predicted octanol–water partition coefficient (Wildman–Crippen LogP) is 4.06. The Labute approximate surface area is 174 Å². The van der Waals surface area contributed by atoms with Crippen molar-refractivity contribution in [2.75, 3.05) is 12.8 Å². The third-order valence-electron chi connectivity index (χ3n) is 5.22. The van der Waals surface area contributed by atoms with Crippen LogP contribution in [0.3, 0.4) is 0 Å². The molecule has 1 aliphatic carbocycles. The van der Waals surface area contributed by atoms with E-state index in [1.54, 1.807) is 23.1 Å². The Morgan fingerprint density at radius 1 is 1.34 bits per heavy atom. The first-order valence-electron chi connectivity index (χ1n) is 9.20. The van der Waals surface area contributed by atoms with Crippen LogP contribution in [0.15, 0.2) is 76.5 Å². The second-order valence-corrected chi connectivity index (χ2v) is 8.00. The van der Waals surface area contributed by atoms with Crippen molar-refractivity contribution < 1.29 is 14.3 Å². The van der Waals surface area contributed by atoms with Gasteiger partial charge in [-0.05, 0) is 42.9 Å². The molecular formula is C22H24FN3O2S. The van der Waals surface area contributed by atoms with Gasteiger partial charge in [-0.3, -0.25) is 4.79 Å². The monoisotopic (exact) mass is 413 g/mol. The van der Waals surface area contributed by atoms with Crippen LogP contribution < -0.4 is 5.73 Å². The molecule has 1 spiro atoms. The summed E-state index contributed by atoms with van der Waals surface area (Å²) >= 11 is 1.43. The molecule has 3 N–H and O–H groups in total. The summed E-state index contributed by atoms with van der Waals surface area (Å²) in [6.07, 6.45) is 6.59. The number of amides is 1. The Bertz CT molecular complexity index is 943. The Hall–Kier alpha value is -2.80. The molecule has 1 aromatic carbocycles. The molecule has 1 saturated carbocycles. The van der Waals surface area contributed by atoms with Gasteiger partial charge < -0.3 is 15.7 Å². The summed E-state index contributed by atoms with van der Waals surface area (Å²) in [6.45, 7) is 8.20. The summed E-state index contributed by atoms with van der Waals surface area (Å²) < 4.78 is 13.2. The summed E-state index contributed by atoms with van der Waals surface area (Å²) in [6, 6.07) is 6.01. The second kappa shape index (κ2) is 8.29. The molecule has 29 heavy (non-hydrogen) atoms. The Balaban J connectivity index is 1.98. The van der Waals surface area contributed by atoms with Crippen LogP contribution >= 0.6 is 11.8 Å². The first-order chi connectivity index (χ1) is 13.8. The number of halogens is 1. The molecule has 152 valence electrons. The van der Waals surface area contributed by atoms with E-state index in [-0.39, 0.29) is 23.0 Å². The number of amidine groups is 1. The average Bonchev–Trinajstić information content (AvgIpc) is 3.48. The van der Waals surface area contributed by atoms with Crippen LogP contribution in [-0.4, -0.2) is 34.5 Å². The first kappa shape index (κ1) is 20.9. The largest absolute Gasteiger partial charge is 0.511 e. The fourth-order valence-corrected chi connectivity index (χ4v) is 3.94. The molecule has 1 fully saturated rings. The van der Waals surface area contributed by atoms with E-state index in [9.17, 15) is 14.3 Å². The highest BCUT2D eigenvalue weighted by Crippen LogP contribution is 2.54. The normalized spacial score (nSPS) is 19.3. The number of nitrogens with zero attached hydrogens (tertiary/aromatic N) is 2. The molecule has 0 atom stereocenters. The molecule has 0 aromatic heterocycles. The van der Waals surface area contributed by atoms with Gasteiger partial charge >= 0.3 is 0 Å². The Morgan fingerprint density at radius 3 is 2.52 bits per heavy atom. The van der Waals surface area contributed by atoms with Gasteiger partial charge in [0.05, 0.1) is 5.70 Å². The minimum Gasteiger partial charge on any atom is -0.511 e. The van der Waals surface area contributed by atoms with Gasteiger partial charge in [-0.2, -0.15) is 0 Å². The topological polar surface area (TPSA) is 78.9 Å². The van der Waals surface area contributed by atoms with E-state index in [0.717, 1.165) is 23.3 Å². The van der Waals surface area contributed by atoms with Crippen LogP contribution in [0.25, 0.3) is 0 Å². The van der Waals surface area contributed by atoms with Crippen molar-refractivity contribution in [3.8, 4) is 0 Å². The molecule has 0 radical (unpaired) electrons. The summed E-state index contributed by atoms with van der Waals surface area (Å²) in [7, 11) is 0. The smallest absolute Gasteiger partial charge is 0.261 e. The zero-order valence-electron chi connectivity index (χ0n) is 16.3. The van der Waals surface area contributed by atoms with Crippen molar-refractivity contribution in [3.63, 3.8) is 0 Å². The van der Waals surface area contributed by atoms with Crippen molar-refractivity contribution in [2.24, 2.45) is 16.1 Å². The molecule has 1 aliphatic heterocycles. The molecule has 7 heteroatoms. The van der Waals surface area contributed by atoms with Crippen molar-refractivity contribution in [3.05, 3.63) is 82.9 Å². The number of carbonyl (C=O) groups excluding carboxylic acids is 1. The molecule has 0 saturated heterocycles. The zero-order chi connectivity index (χ0) is 21.2. The van der Waals surface area contributed by atoms with Gasteiger partial charge in [-0.15, -0.1) is 11.8 Å². The first-order valence-corrected chi connectivity index (χ1v) is 10.4. The number of allylic oxidation sites excluding steroid dienone is 2. The number of hydrogen-bond acceptors (Lipinski definition) is 4. The molecular weight excluding hydrogens is 389 g/mol. The Kier molecular flexibility index (Phi) is 5.98. The minimum absolute atomic E-state index is 0.00632. The van der Waals surface area contributed by atoms with E-state index in [1.807, 2.05) is 6.26 Å². The SMILES string of the molecule is C=C/C(N=C(N)C1=C(O)C2(CC2)CN(Cc2ccc(F)cc2)C1=O)=C(\C=C)SC. The molecule has 0 bridgehead atoms. The number of aliphatic hydroxyl groups excluding tert-OH is 1. The summed E-state index contributed by atoms with van der Waals surface area (Å²) in [5.41, 5.74) is 7.03. The zero-order valence-corrected chi connectivity index (χ0v) is 17.1. The van der Waals surface area contributed by atoms with E-state index in [4.69, 9.17) is 5.73 Å². The number of aliphatic imine (C=N–C) groups is 1. The van der Waals surface area contributed by atoms with E-state index in [0.29, 0.717) is 18.8 Å². The third-order valence-corrected chi connectivity index (χ3v) is 6.04. The van der Waals surface area contributed by atoms with Crippen LogP contribution in [0.1, 0.15) is 18.4 Å². The molecule has 5 nitrogen and oxygen atoms in total. The number of aliphatic hydroxyl groups is 1. The molecule has 1 aromatic rings. The van der Waals surface area contributed by atoms with Gasteiger partial charge in [0, 0.05) is 23.4 Å². The van der Waals surface area contributed by atoms with Crippen molar-refractivity contribution in [1.82, 2.24) is 4.90 Å². The van der Waals surface area contributed by atoms with Crippen molar-refractivity contribution in [2.45, 2.75) is 19.4 Å². The third kappa shape index (κ3) is 4.15. The number of hydrogen-bond donors (Lipinski definition) is 2. The van der Waals surface area contributed by atoms with E-state index in [2.05, 4.69) is 18.2 Å². The molecule has 2 aliphatic rings.